The highest BCUT2D eigenvalue weighted by molar-refractivity contribution is 4.77. The molecule has 0 rings (SSSR count). The SMILES string of the molecule is CCCC(C)C#N. The van der Waals surface area contributed by atoms with Gasteiger partial charge in [0, 0.05) is 5.92 Å². The second-order valence-corrected chi connectivity index (χ2v) is 1.82. The van der Waals surface area contributed by atoms with Gasteiger partial charge in [-0.3, -0.25) is 0 Å². The van der Waals surface area contributed by atoms with Crippen LogP contribution >= 0.6 is 0 Å². The number of rotatable bonds is 2. The lowest BCUT2D eigenvalue weighted by Gasteiger charge is -1.92. The molecule has 0 radical (unpaired) electrons. The van der Waals surface area contributed by atoms with E-state index in [-0.39, 0.29) is 5.92 Å². The molecule has 0 aromatic heterocycles. The Morgan fingerprint density at radius 1 is 1.71 bits per heavy atom. The molecule has 7 heavy (non-hydrogen) atoms. The van der Waals surface area contributed by atoms with Crippen molar-refractivity contribution in [3.63, 3.8) is 0 Å². The Morgan fingerprint density at radius 3 is 2.43 bits per heavy atom. The molecule has 0 aliphatic heterocycles. The Kier molecular flexibility index (Phi) is 3.40. The van der Waals surface area contributed by atoms with Crippen LogP contribution in [0, 0.1) is 17.2 Å². The molecule has 1 heteroatoms. The lowest BCUT2D eigenvalue weighted by Crippen LogP contribution is -1.85. The first kappa shape index (κ1) is 6.49. The molecule has 0 aliphatic carbocycles. The highest BCUT2D eigenvalue weighted by Crippen LogP contribution is 2.00. The van der Waals surface area contributed by atoms with Crippen LogP contribution in [0.3, 0.4) is 0 Å². The molecule has 1 nitrogen and oxygen atoms in total. The van der Waals surface area contributed by atoms with Gasteiger partial charge in [0.1, 0.15) is 0 Å². The van der Waals surface area contributed by atoms with E-state index in [0.717, 1.165) is 12.8 Å². The molecular formula is C6H11N. The number of nitrogens with zero attached hydrogens (tertiary/aromatic N) is 1. The molecule has 0 aromatic carbocycles. The van der Waals surface area contributed by atoms with E-state index in [9.17, 15) is 0 Å². The van der Waals surface area contributed by atoms with Crippen LogP contribution in [0.4, 0.5) is 0 Å². The normalized spacial score (nSPS) is 12.7. The van der Waals surface area contributed by atoms with Crippen molar-refractivity contribution in [1.82, 2.24) is 0 Å². The molecule has 0 saturated heterocycles. The minimum absolute atomic E-state index is 0.255. The third kappa shape index (κ3) is 3.32. The van der Waals surface area contributed by atoms with Gasteiger partial charge in [-0.2, -0.15) is 5.26 Å². The summed E-state index contributed by atoms with van der Waals surface area (Å²) in [5.74, 6) is 0.255. The molecule has 0 spiro atoms. The predicted octanol–water partition coefficient (Wildman–Crippen LogP) is 1.95. The first-order valence-electron chi connectivity index (χ1n) is 2.70. The zero-order valence-corrected chi connectivity index (χ0v) is 4.94. The van der Waals surface area contributed by atoms with Gasteiger partial charge in [-0.25, -0.2) is 0 Å². The van der Waals surface area contributed by atoms with Crippen LogP contribution in [-0.4, -0.2) is 0 Å². The van der Waals surface area contributed by atoms with Gasteiger partial charge in [-0.1, -0.05) is 13.3 Å². The van der Waals surface area contributed by atoms with Crippen LogP contribution in [0.2, 0.25) is 0 Å². The van der Waals surface area contributed by atoms with E-state index >= 15 is 0 Å². The topological polar surface area (TPSA) is 23.8 Å². The summed E-state index contributed by atoms with van der Waals surface area (Å²) in [6.07, 6.45) is 2.16. The number of hydrogen-bond acceptors (Lipinski definition) is 1. The Labute approximate surface area is 45.0 Å². The van der Waals surface area contributed by atoms with Crippen molar-refractivity contribution >= 4 is 0 Å². The molecule has 0 heterocycles. The van der Waals surface area contributed by atoms with Crippen LogP contribution in [0.5, 0.6) is 0 Å². The Morgan fingerprint density at radius 2 is 2.29 bits per heavy atom. The van der Waals surface area contributed by atoms with E-state index in [0.29, 0.717) is 0 Å². The van der Waals surface area contributed by atoms with Crippen molar-refractivity contribution in [2.75, 3.05) is 0 Å². The van der Waals surface area contributed by atoms with Gasteiger partial charge in [-0.05, 0) is 13.3 Å². The van der Waals surface area contributed by atoms with Gasteiger partial charge >= 0.3 is 0 Å². The second-order valence-electron chi connectivity index (χ2n) is 1.82. The van der Waals surface area contributed by atoms with Gasteiger partial charge < -0.3 is 0 Å². The van der Waals surface area contributed by atoms with Crippen molar-refractivity contribution in [3.8, 4) is 6.07 Å². The van der Waals surface area contributed by atoms with Crippen LogP contribution in [0.1, 0.15) is 26.7 Å². The summed E-state index contributed by atoms with van der Waals surface area (Å²) in [6, 6.07) is 2.17. The minimum Gasteiger partial charge on any atom is -0.198 e. The molecule has 0 amide bonds. The van der Waals surface area contributed by atoms with E-state index in [1.165, 1.54) is 0 Å². The van der Waals surface area contributed by atoms with Crippen molar-refractivity contribution < 1.29 is 0 Å². The molecule has 0 saturated carbocycles. The molecule has 1 unspecified atom stereocenters. The fraction of sp³-hybridized carbons (Fsp3) is 0.833. The summed E-state index contributed by atoms with van der Waals surface area (Å²) in [5.41, 5.74) is 0. The van der Waals surface area contributed by atoms with Crippen LogP contribution in [0.15, 0.2) is 0 Å². The molecule has 40 valence electrons. The molecule has 0 fully saturated rings. The predicted molar refractivity (Wildman–Crippen MR) is 29.7 cm³/mol. The van der Waals surface area contributed by atoms with E-state index in [2.05, 4.69) is 13.0 Å². The zero-order valence-electron chi connectivity index (χ0n) is 4.94. The summed E-state index contributed by atoms with van der Waals surface area (Å²) in [6.45, 7) is 4.04. The largest absolute Gasteiger partial charge is 0.198 e. The van der Waals surface area contributed by atoms with Gasteiger partial charge in [-0.15, -0.1) is 0 Å². The Balaban J connectivity index is 3.04. The van der Waals surface area contributed by atoms with Crippen molar-refractivity contribution in [3.05, 3.63) is 0 Å². The van der Waals surface area contributed by atoms with E-state index in [1.54, 1.807) is 0 Å². The molecule has 0 aromatic rings. The van der Waals surface area contributed by atoms with Gasteiger partial charge in [0.05, 0.1) is 6.07 Å². The fourth-order valence-electron chi connectivity index (χ4n) is 0.498. The van der Waals surface area contributed by atoms with E-state index in [4.69, 9.17) is 5.26 Å². The first-order valence-corrected chi connectivity index (χ1v) is 2.70. The summed E-state index contributed by atoms with van der Waals surface area (Å²) >= 11 is 0. The monoisotopic (exact) mass is 97.1 g/mol. The lowest BCUT2D eigenvalue weighted by molar-refractivity contribution is 0.646. The summed E-state index contributed by atoms with van der Waals surface area (Å²) in [7, 11) is 0. The average Bonchev–Trinajstić information content (AvgIpc) is 1.68. The Bertz CT molecular complexity index is 70.7. The molecule has 0 bridgehead atoms. The van der Waals surface area contributed by atoms with E-state index in [1.807, 2.05) is 6.92 Å². The van der Waals surface area contributed by atoms with Crippen LogP contribution in [-0.2, 0) is 0 Å². The maximum absolute atomic E-state index is 8.22. The highest BCUT2D eigenvalue weighted by atomic mass is 14.2. The molecule has 0 aliphatic rings. The average molecular weight is 97.2 g/mol. The van der Waals surface area contributed by atoms with Gasteiger partial charge in [0.25, 0.3) is 0 Å². The molecular weight excluding hydrogens is 86.1 g/mol. The van der Waals surface area contributed by atoms with Gasteiger partial charge in [0.2, 0.25) is 0 Å². The van der Waals surface area contributed by atoms with Crippen LogP contribution < -0.4 is 0 Å². The van der Waals surface area contributed by atoms with Gasteiger partial charge in [0.15, 0.2) is 0 Å². The minimum atomic E-state index is 0.255. The highest BCUT2D eigenvalue weighted by Gasteiger charge is 1.92. The standard InChI is InChI=1S/C6H11N/c1-3-4-6(2)5-7/h6H,3-4H2,1-2H3. The van der Waals surface area contributed by atoms with Crippen LogP contribution in [0.25, 0.3) is 0 Å². The maximum Gasteiger partial charge on any atom is 0.0652 e. The first-order chi connectivity index (χ1) is 3.31. The number of nitriles is 1. The van der Waals surface area contributed by atoms with Crippen molar-refractivity contribution in [1.29, 1.82) is 5.26 Å². The molecule has 1 atom stereocenters. The summed E-state index contributed by atoms with van der Waals surface area (Å²) < 4.78 is 0. The molecule has 0 N–H and O–H groups in total. The van der Waals surface area contributed by atoms with E-state index < -0.39 is 0 Å². The maximum atomic E-state index is 8.22. The summed E-state index contributed by atoms with van der Waals surface area (Å²) in [5, 5.41) is 8.22. The van der Waals surface area contributed by atoms with Crippen molar-refractivity contribution in [2.45, 2.75) is 26.7 Å². The quantitative estimate of drug-likeness (QED) is 0.516. The zero-order chi connectivity index (χ0) is 5.70. The summed E-state index contributed by atoms with van der Waals surface area (Å²) in [4.78, 5) is 0. The number of hydrogen-bond donors (Lipinski definition) is 0. The third-order valence-electron chi connectivity index (χ3n) is 0.942. The fourth-order valence-corrected chi connectivity index (χ4v) is 0.498. The lowest BCUT2D eigenvalue weighted by atomic mass is 10.1. The smallest absolute Gasteiger partial charge is 0.0652 e. The Hall–Kier alpha value is -0.510. The third-order valence-corrected chi connectivity index (χ3v) is 0.942. The second kappa shape index (κ2) is 3.67. The van der Waals surface area contributed by atoms with Crippen molar-refractivity contribution in [2.24, 2.45) is 5.92 Å².